The fourth-order valence-electron chi connectivity index (χ4n) is 3.54. The lowest BCUT2D eigenvalue weighted by Gasteiger charge is -2.40. The van der Waals surface area contributed by atoms with Crippen molar-refractivity contribution in [1.29, 1.82) is 0 Å². The quantitative estimate of drug-likeness (QED) is 0.767. The predicted molar refractivity (Wildman–Crippen MR) is 112 cm³/mol. The molecule has 148 valence electrons. The summed E-state index contributed by atoms with van der Waals surface area (Å²) in [5.41, 5.74) is 1.18. The zero-order chi connectivity index (χ0) is 20.5. The van der Waals surface area contributed by atoms with Crippen molar-refractivity contribution in [1.82, 2.24) is 9.80 Å². The van der Waals surface area contributed by atoms with Crippen molar-refractivity contribution in [2.45, 2.75) is 39.3 Å². The van der Waals surface area contributed by atoms with Crippen molar-refractivity contribution >= 4 is 28.8 Å². The molecule has 0 N–H and O–H groups in total. The molecule has 1 saturated heterocycles. The summed E-state index contributed by atoms with van der Waals surface area (Å²) in [5, 5.41) is 2.10. The molecule has 0 aliphatic carbocycles. The van der Waals surface area contributed by atoms with Gasteiger partial charge in [-0.25, -0.2) is 4.79 Å². The molecule has 5 nitrogen and oxygen atoms in total. The van der Waals surface area contributed by atoms with E-state index in [9.17, 15) is 9.59 Å². The van der Waals surface area contributed by atoms with Gasteiger partial charge in [0, 0.05) is 31.2 Å². The van der Waals surface area contributed by atoms with Gasteiger partial charge in [0.1, 0.15) is 5.60 Å². The van der Waals surface area contributed by atoms with Gasteiger partial charge in [0.2, 0.25) is 0 Å². The molecular weight excluding hydrogens is 352 g/mol. The number of amides is 2. The standard InChI is InChI=1S/C23H28N2O3/c1-6-17-8-7-9-18-14-19(10-11-20(17)18)21(26)24-12-13-25(16(2)15-24)22(27)28-23(3,4)5/h6-11,14,16H,1,12-13,15H2,2-5H3/t16-/m0/s1. The molecule has 3 rings (SSSR count). The van der Waals surface area contributed by atoms with Gasteiger partial charge in [-0.2, -0.15) is 0 Å². The van der Waals surface area contributed by atoms with Gasteiger partial charge in [0.15, 0.2) is 0 Å². The van der Waals surface area contributed by atoms with E-state index in [1.807, 2.05) is 75.1 Å². The Hall–Kier alpha value is -2.82. The van der Waals surface area contributed by atoms with E-state index in [2.05, 4.69) is 6.58 Å². The normalized spacial score (nSPS) is 17.5. The lowest BCUT2D eigenvalue weighted by atomic mass is 10.0. The van der Waals surface area contributed by atoms with Gasteiger partial charge in [0.25, 0.3) is 5.91 Å². The van der Waals surface area contributed by atoms with Gasteiger partial charge < -0.3 is 14.5 Å². The van der Waals surface area contributed by atoms with Crippen LogP contribution in [0.15, 0.2) is 43.0 Å². The van der Waals surface area contributed by atoms with Gasteiger partial charge in [0.05, 0.1) is 0 Å². The van der Waals surface area contributed by atoms with Gasteiger partial charge in [-0.05, 0) is 56.2 Å². The molecule has 1 aliphatic heterocycles. The lowest BCUT2D eigenvalue weighted by molar-refractivity contribution is 0.00199. The number of ether oxygens (including phenoxy) is 1. The van der Waals surface area contributed by atoms with Crippen LogP contribution in [0, 0.1) is 0 Å². The van der Waals surface area contributed by atoms with E-state index in [0.29, 0.717) is 25.2 Å². The maximum absolute atomic E-state index is 13.0. The summed E-state index contributed by atoms with van der Waals surface area (Å²) in [7, 11) is 0. The topological polar surface area (TPSA) is 49.9 Å². The van der Waals surface area contributed by atoms with Crippen molar-refractivity contribution < 1.29 is 14.3 Å². The number of carbonyl (C=O) groups is 2. The molecule has 1 atom stereocenters. The maximum Gasteiger partial charge on any atom is 0.410 e. The highest BCUT2D eigenvalue weighted by atomic mass is 16.6. The van der Waals surface area contributed by atoms with Crippen LogP contribution in [0.4, 0.5) is 4.79 Å². The van der Waals surface area contributed by atoms with Gasteiger partial charge in [-0.3, -0.25) is 4.79 Å². The third kappa shape index (κ3) is 4.19. The number of benzene rings is 2. The smallest absolute Gasteiger partial charge is 0.410 e. The number of hydrogen-bond donors (Lipinski definition) is 0. The minimum atomic E-state index is -0.529. The summed E-state index contributed by atoms with van der Waals surface area (Å²) in [6.45, 7) is 12.8. The first-order chi connectivity index (χ1) is 13.2. The van der Waals surface area contributed by atoms with Gasteiger partial charge in [-0.15, -0.1) is 0 Å². The van der Waals surface area contributed by atoms with Crippen molar-refractivity contribution in [3.05, 3.63) is 54.1 Å². The van der Waals surface area contributed by atoms with E-state index in [0.717, 1.165) is 16.3 Å². The third-order valence-electron chi connectivity index (χ3n) is 4.92. The molecule has 0 bridgehead atoms. The molecule has 5 heteroatoms. The molecule has 1 fully saturated rings. The Labute approximate surface area is 166 Å². The van der Waals surface area contributed by atoms with Crippen molar-refractivity contribution in [3.8, 4) is 0 Å². The first-order valence-electron chi connectivity index (χ1n) is 9.64. The highest BCUT2D eigenvalue weighted by Crippen LogP contribution is 2.23. The number of piperazine rings is 1. The Bertz CT molecular complexity index is 914. The van der Waals surface area contributed by atoms with E-state index in [1.165, 1.54) is 0 Å². The molecule has 0 saturated carbocycles. The first-order valence-corrected chi connectivity index (χ1v) is 9.64. The minimum Gasteiger partial charge on any atom is -0.444 e. The molecule has 0 radical (unpaired) electrons. The summed E-state index contributed by atoms with van der Waals surface area (Å²) in [6.07, 6.45) is 1.50. The monoisotopic (exact) mass is 380 g/mol. The fraction of sp³-hybridized carbons (Fsp3) is 0.391. The molecule has 1 heterocycles. The SMILES string of the molecule is C=Cc1cccc2cc(C(=O)N3CCN(C(=O)OC(C)(C)C)[C@@H](C)C3)ccc12. The number of hydrogen-bond acceptors (Lipinski definition) is 3. The number of carbonyl (C=O) groups excluding carboxylic acids is 2. The summed E-state index contributed by atoms with van der Waals surface area (Å²) in [6, 6.07) is 11.6. The van der Waals surface area contributed by atoms with E-state index in [-0.39, 0.29) is 18.0 Å². The van der Waals surface area contributed by atoms with Crippen LogP contribution in [0.25, 0.3) is 16.8 Å². The van der Waals surface area contributed by atoms with Crippen LogP contribution in [-0.4, -0.2) is 53.1 Å². The first kappa shape index (κ1) is 19.9. The highest BCUT2D eigenvalue weighted by Gasteiger charge is 2.32. The van der Waals surface area contributed by atoms with Crippen LogP contribution in [0.3, 0.4) is 0 Å². The molecule has 2 aromatic rings. The minimum absolute atomic E-state index is 0.0124. The van der Waals surface area contributed by atoms with Crippen molar-refractivity contribution in [3.63, 3.8) is 0 Å². The Morgan fingerprint density at radius 2 is 1.93 bits per heavy atom. The summed E-state index contributed by atoms with van der Waals surface area (Å²) < 4.78 is 5.47. The average Bonchev–Trinajstić information content (AvgIpc) is 2.64. The molecule has 28 heavy (non-hydrogen) atoms. The van der Waals surface area contributed by atoms with E-state index in [1.54, 1.807) is 4.90 Å². The maximum atomic E-state index is 13.0. The molecule has 2 aromatic carbocycles. The summed E-state index contributed by atoms with van der Waals surface area (Å²) in [4.78, 5) is 28.9. The second-order valence-electron chi connectivity index (χ2n) is 8.26. The Kier molecular flexibility index (Phi) is 5.45. The van der Waals surface area contributed by atoms with E-state index in [4.69, 9.17) is 4.74 Å². The number of fused-ring (bicyclic) bond motifs is 1. The second kappa shape index (κ2) is 7.66. The second-order valence-corrected chi connectivity index (χ2v) is 8.26. The molecule has 1 aliphatic rings. The van der Waals surface area contributed by atoms with E-state index < -0.39 is 5.60 Å². The summed E-state index contributed by atoms with van der Waals surface area (Å²) >= 11 is 0. The average molecular weight is 380 g/mol. The van der Waals surface area contributed by atoms with Crippen LogP contribution in [0.2, 0.25) is 0 Å². The molecular formula is C23H28N2O3. The van der Waals surface area contributed by atoms with E-state index >= 15 is 0 Å². The largest absolute Gasteiger partial charge is 0.444 e. The van der Waals surface area contributed by atoms with Crippen LogP contribution >= 0.6 is 0 Å². The lowest BCUT2D eigenvalue weighted by Crippen LogP contribution is -2.56. The van der Waals surface area contributed by atoms with Gasteiger partial charge in [-0.1, -0.05) is 36.9 Å². The van der Waals surface area contributed by atoms with Crippen molar-refractivity contribution in [2.24, 2.45) is 0 Å². The predicted octanol–water partition coefficient (Wildman–Crippen LogP) is 4.56. The fourth-order valence-corrected chi connectivity index (χ4v) is 3.54. The van der Waals surface area contributed by atoms with Crippen molar-refractivity contribution in [2.75, 3.05) is 19.6 Å². The zero-order valence-corrected chi connectivity index (χ0v) is 17.1. The Morgan fingerprint density at radius 3 is 2.57 bits per heavy atom. The number of nitrogens with zero attached hydrogens (tertiary/aromatic N) is 2. The molecule has 0 aromatic heterocycles. The van der Waals surface area contributed by atoms with Gasteiger partial charge >= 0.3 is 6.09 Å². The highest BCUT2D eigenvalue weighted by molar-refractivity contribution is 6.00. The van der Waals surface area contributed by atoms with Crippen LogP contribution in [0.1, 0.15) is 43.6 Å². The van der Waals surface area contributed by atoms with Crippen LogP contribution < -0.4 is 0 Å². The summed E-state index contributed by atoms with van der Waals surface area (Å²) in [5.74, 6) is -0.0124. The molecule has 2 amide bonds. The number of rotatable bonds is 2. The Balaban J connectivity index is 1.73. The third-order valence-corrected chi connectivity index (χ3v) is 4.92. The zero-order valence-electron chi connectivity index (χ0n) is 17.1. The van der Waals surface area contributed by atoms with Crippen LogP contribution in [-0.2, 0) is 4.74 Å². The molecule has 0 unspecified atom stereocenters. The van der Waals surface area contributed by atoms with Crippen LogP contribution in [0.5, 0.6) is 0 Å². The Morgan fingerprint density at radius 1 is 1.18 bits per heavy atom. The molecule has 0 spiro atoms.